The smallest absolute Gasteiger partial charge is 0.217 e. The number of carbonyl (C=O) groups is 1. The zero-order chi connectivity index (χ0) is 49.9. The van der Waals surface area contributed by atoms with Crippen molar-refractivity contribution in [3.8, 4) is 0 Å². The van der Waals surface area contributed by atoms with Crippen molar-refractivity contribution in [3.05, 3.63) is 140 Å². The number of hydrogen-bond donors (Lipinski definition) is 6. The summed E-state index contributed by atoms with van der Waals surface area (Å²) in [5.74, 6) is -2.84. The molecule has 0 saturated carbocycles. The molecule has 0 aliphatic heterocycles. The number of likely N-dealkylation sites (N-methyl/N-ethyl adjacent to an activating group) is 1. The molecule has 4 aromatic rings. The van der Waals surface area contributed by atoms with Crippen LogP contribution in [-0.2, 0) is 56.2 Å². The first-order chi connectivity index (χ1) is 32.0. The maximum atomic E-state index is 13.7. The lowest BCUT2D eigenvalue weighted by molar-refractivity contribution is -0.120. The molecule has 6 atom stereocenters. The highest BCUT2D eigenvalue weighted by Gasteiger charge is 2.29. The van der Waals surface area contributed by atoms with Gasteiger partial charge >= 0.3 is 0 Å². The molecular weight excluding hydrogens is 865 g/mol. The van der Waals surface area contributed by atoms with E-state index in [1.807, 2.05) is 0 Å². The fourth-order valence-corrected chi connectivity index (χ4v) is 10.4. The van der Waals surface area contributed by atoms with Crippen molar-refractivity contribution in [1.82, 2.24) is 21.3 Å². The summed E-state index contributed by atoms with van der Waals surface area (Å²) in [7, 11) is 1.77. The van der Waals surface area contributed by atoms with E-state index in [9.17, 15) is 32.6 Å². The van der Waals surface area contributed by atoms with E-state index >= 15 is 0 Å². The lowest BCUT2D eigenvalue weighted by atomic mass is 9.80. The molecule has 0 heterocycles. The highest BCUT2D eigenvalue weighted by molar-refractivity contribution is 5.73. The van der Waals surface area contributed by atoms with Gasteiger partial charge in [0.2, 0.25) is 5.91 Å². The molecule has 2 unspecified atom stereocenters. The molecule has 68 heavy (non-hydrogen) atoms. The van der Waals surface area contributed by atoms with Crippen molar-refractivity contribution in [1.29, 1.82) is 0 Å². The average Bonchev–Trinajstić information content (AvgIpc) is 3.24. The second-order valence-electron chi connectivity index (χ2n) is 21.8. The van der Waals surface area contributed by atoms with Crippen molar-refractivity contribution in [2.45, 2.75) is 176 Å². The molecule has 0 fully saturated rings. The number of aryl methyl sites for hydroxylation is 2. The monoisotopic (exact) mass is 945 g/mol. The highest BCUT2D eigenvalue weighted by Crippen LogP contribution is 2.37. The van der Waals surface area contributed by atoms with E-state index in [-0.39, 0.29) is 47.8 Å². The predicted molar refractivity (Wildman–Crippen MR) is 268 cm³/mol. The minimum Gasteiger partial charge on any atom is -0.390 e. The Kier molecular flexibility index (Phi) is 19.8. The second-order valence-corrected chi connectivity index (χ2v) is 21.8. The Bertz CT molecular complexity index is 2250. The predicted octanol–water partition coefficient (Wildman–Crippen LogP) is 10.5. The lowest BCUT2D eigenvalue weighted by Gasteiger charge is -2.32. The van der Waals surface area contributed by atoms with Crippen LogP contribution in [0.4, 0.5) is 17.6 Å². The van der Waals surface area contributed by atoms with Gasteiger partial charge in [0.05, 0.1) is 18.2 Å². The second kappa shape index (κ2) is 24.6. The molecule has 0 radical (unpaired) electrons. The first-order valence-electron chi connectivity index (χ1n) is 25.0. The van der Waals surface area contributed by atoms with Gasteiger partial charge < -0.3 is 31.5 Å². The molecular formula is C57H80F4N4O3. The number of amides is 1. The summed E-state index contributed by atoms with van der Waals surface area (Å²) in [6.07, 6.45) is 9.33. The van der Waals surface area contributed by atoms with Crippen LogP contribution >= 0.6 is 0 Å². The Hall–Kier alpha value is -4.13. The topological polar surface area (TPSA) is 106 Å². The Morgan fingerprint density at radius 1 is 0.603 bits per heavy atom. The van der Waals surface area contributed by atoms with Gasteiger partial charge in [0.15, 0.2) is 0 Å². The zero-order valence-electron chi connectivity index (χ0n) is 42.5. The van der Waals surface area contributed by atoms with E-state index in [4.69, 9.17) is 0 Å². The largest absolute Gasteiger partial charge is 0.390 e. The maximum absolute atomic E-state index is 13.7. The standard InChI is InChI=1S/C29H40F2N2O2.C28H40F2N2O/c1-6-21-10-20(16-29(3,4)5)13-25-24(21)8-7-9-26(25)32-17-28(35)27(33-18(2)34)14-19-11-22(30)15-23(31)12-19;1-6-20-10-19(16-28(2,3)4)13-24-23(20)8-7-9-25(24)32-17-27(33)26(31-5)14-18-11-21(29)15-22(30)12-18/h10-13,15,26-28,32,35H,6-9,14,16-17H2,1-5H3,(H,33,34);10-13,15,25-27,31-33H,6-9,14,16-17H2,1-5H3/t26?,27-,28+;25?,26-,27+/m00/s1. The fourth-order valence-electron chi connectivity index (χ4n) is 10.4. The third kappa shape index (κ3) is 16.5. The first kappa shape index (κ1) is 54.8. The van der Waals surface area contributed by atoms with E-state index in [1.54, 1.807) is 7.05 Å². The molecule has 7 nitrogen and oxygen atoms in total. The summed E-state index contributed by atoms with van der Waals surface area (Å²) in [4.78, 5) is 11.8. The molecule has 2 aliphatic rings. The molecule has 0 saturated heterocycles. The normalized spacial score (nSPS) is 17.8. The Morgan fingerprint density at radius 2 is 0.985 bits per heavy atom. The van der Waals surface area contributed by atoms with Gasteiger partial charge in [-0.05, 0) is 175 Å². The first-order valence-corrected chi connectivity index (χ1v) is 25.0. The fraction of sp³-hybridized carbons (Fsp3) is 0.561. The van der Waals surface area contributed by atoms with E-state index in [1.165, 1.54) is 75.7 Å². The van der Waals surface area contributed by atoms with Crippen molar-refractivity contribution < 1.29 is 32.6 Å². The number of halogens is 4. The van der Waals surface area contributed by atoms with Gasteiger partial charge in [-0.25, -0.2) is 17.6 Å². The molecule has 0 aromatic heterocycles. The van der Waals surface area contributed by atoms with Crippen LogP contribution in [0.15, 0.2) is 60.7 Å². The van der Waals surface area contributed by atoms with Crippen LogP contribution in [0.2, 0.25) is 0 Å². The average molecular weight is 945 g/mol. The van der Waals surface area contributed by atoms with Crippen molar-refractivity contribution in [2.75, 3.05) is 20.1 Å². The third-order valence-electron chi connectivity index (χ3n) is 13.3. The summed E-state index contributed by atoms with van der Waals surface area (Å²) in [5.41, 5.74) is 12.5. The summed E-state index contributed by atoms with van der Waals surface area (Å²) in [6.45, 7) is 20.0. The van der Waals surface area contributed by atoms with Gasteiger partial charge in [-0.3, -0.25) is 4.79 Å². The maximum Gasteiger partial charge on any atom is 0.217 e. The van der Waals surface area contributed by atoms with Crippen LogP contribution in [0.5, 0.6) is 0 Å². The van der Waals surface area contributed by atoms with E-state index in [0.717, 1.165) is 76.3 Å². The molecule has 2 aliphatic carbocycles. The number of aliphatic hydroxyl groups is 2. The van der Waals surface area contributed by atoms with Crippen LogP contribution in [0.25, 0.3) is 0 Å². The van der Waals surface area contributed by atoms with Crippen LogP contribution in [0, 0.1) is 34.1 Å². The Labute approximate surface area is 404 Å². The third-order valence-corrected chi connectivity index (χ3v) is 13.3. The highest BCUT2D eigenvalue weighted by atomic mass is 19.1. The summed E-state index contributed by atoms with van der Waals surface area (Å²) < 4.78 is 54.5. The number of benzene rings is 4. The minimum atomic E-state index is -0.918. The van der Waals surface area contributed by atoms with E-state index in [0.29, 0.717) is 24.1 Å². The molecule has 0 bridgehead atoms. The summed E-state index contributed by atoms with van der Waals surface area (Å²) in [6, 6.07) is 15.6. The van der Waals surface area contributed by atoms with Crippen molar-refractivity contribution in [3.63, 3.8) is 0 Å². The Balaban J connectivity index is 0.000000255. The molecule has 1 amide bonds. The quantitative estimate of drug-likeness (QED) is 0.0555. The van der Waals surface area contributed by atoms with E-state index in [2.05, 4.69) is 101 Å². The summed E-state index contributed by atoms with van der Waals surface area (Å²) >= 11 is 0. The van der Waals surface area contributed by atoms with Gasteiger partial charge in [-0.2, -0.15) is 0 Å². The van der Waals surface area contributed by atoms with Gasteiger partial charge in [0.25, 0.3) is 0 Å². The lowest BCUT2D eigenvalue weighted by Crippen LogP contribution is -2.48. The van der Waals surface area contributed by atoms with Crippen LogP contribution in [0.1, 0.15) is 156 Å². The van der Waals surface area contributed by atoms with Crippen molar-refractivity contribution in [2.24, 2.45) is 10.8 Å². The number of fused-ring (bicyclic) bond motifs is 2. The van der Waals surface area contributed by atoms with Crippen molar-refractivity contribution >= 4 is 5.91 Å². The Morgan fingerprint density at radius 3 is 1.34 bits per heavy atom. The number of nitrogens with one attached hydrogen (secondary N) is 4. The van der Waals surface area contributed by atoms with Crippen LogP contribution in [-0.4, -0.2) is 60.5 Å². The number of aliphatic hydroxyl groups excluding tert-OH is 2. The van der Waals surface area contributed by atoms with Crippen LogP contribution < -0.4 is 21.3 Å². The summed E-state index contributed by atoms with van der Waals surface area (Å²) in [5, 5.41) is 34.9. The van der Waals surface area contributed by atoms with Gasteiger partial charge in [0.1, 0.15) is 23.3 Å². The minimum absolute atomic E-state index is 0.114. The van der Waals surface area contributed by atoms with Gasteiger partial charge in [0, 0.05) is 50.3 Å². The SMILES string of the molecule is CCc1cc(CC(C)(C)C)cc2c1CCCC2NC[C@@H](O)[C@H](Cc1cc(F)cc(F)c1)NC.CCc1cc(CC(C)(C)C)cc2c1CCCC2NC[C@@H](O)[C@H](Cc1cc(F)cc(F)c1)NC(C)=O. The molecule has 374 valence electrons. The molecule has 0 spiro atoms. The molecule has 6 rings (SSSR count). The molecule has 4 aromatic carbocycles. The molecule has 11 heteroatoms. The van der Waals surface area contributed by atoms with Gasteiger partial charge in [-0.15, -0.1) is 0 Å². The zero-order valence-corrected chi connectivity index (χ0v) is 42.5. The van der Waals surface area contributed by atoms with E-state index < -0.39 is 41.5 Å². The molecule has 6 N–H and O–H groups in total. The number of hydrogen-bond acceptors (Lipinski definition) is 6. The van der Waals surface area contributed by atoms with Crippen LogP contribution in [0.3, 0.4) is 0 Å². The number of rotatable bonds is 18. The number of carbonyl (C=O) groups excluding carboxylic acids is 1. The van der Waals surface area contributed by atoms with Gasteiger partial charge in [-0.1, -0.05) is 79.7 Å².